The summed E-state index contributed by atoms with van der Waals surface area (Å²) in [5, 5.41) is 20.8. The Bertz CT molecular complexity index is 414. The number of carbonyl (C=O) groups excluding carboxylic acids is 2. The van der Waals surface area contributed by atoms with Crippen LogP contribution in [0.15, 0.2) is 0 Å². The van der Waals surface area contributed by atoms with Crippen molar-refractivity contribution in [1.29, 1.82) is 0 Å². The molecule has 2 atom stereocenters. The quantitative estimate of drug-likeness (QED) is 0.584. The van der Waals surface area contributed by atoms with E-state index in [2.05, 4.69) is 5.32 Å². The van der Waals surface area contributed by atoms with Gasteiger partial charge in [0.2, 0.25) is 5.91 Å². The van der Waals surface area contributed by atoms with Crippen molar-refractivity contribution in [3.8, 4) is 0 Å². The van der Waals surface area contributed by atoms with Gasteiger partial charge in [-0.25, -0.2) is 9.59 Å². The number of aliphatic hydroxyl groups excluding tert-OH is 1. The lowest BCUT2D eigenvalue weighted by molar-refractivity contribution is -0.144. The van der Waals surface area contributed by atoms with E-state index in [0.717, 1.165) is 17.7 Å². The molecule has 0 aromatic carbocycles. The fourth-order valence-corrected chi connectivity index (χ4v) is 2.63. The highest BCUT2D eigenvalue weighted by atomic mass is 16.4. The molecule has 8 heteroatoms. The first-order valence-corrected chi connectivity index (χ1v) is 6.69. The number of nitrogens with one attached hydrogen (secondary N) is 1. The second-order valence-electron chi connectivity index (χ2n) is 5.21. The Morgan fingerprint density at radius 1 is 1.40 bits per heavy atom. The minimum Gasteiger partial charge on any atom is -0.480 e. The second-order valence-corrected chi connectivity index (χ2v) is 5.21. The van der Waals surface area contributed by atoms with Gasteiger partial charge in [0, 0.05) is 26.2 Å². The number of amides is 3. The van der Waals surface area contributed by atoms with E-state index in [1.54, 1.807) is 0 Å². The van der Waals surface area contributed by atoms with Gasteiger partial charge in [0.1, 0.15) is 12.6 Å². The first kappa shape index (κ1) is 14.6. The topological polar surface area (TPSA) is 110 Å². The van der Waals surface area contributed by atoms with Gasteiger partial charge in [0.15, 0.2) is 0 Å². The number of hydrogen-bond donors (Lipinski definition) is 3. The normalized spacial score (nSPS) is 27.1. The average Bonchev–Trinajstić information content (AvgIpc) is 2.46. The van der Waals surface area contributed by atoms with Crippen LogP contribution < -0.4 is 5.32 Å². The van der Waals surface area contributed by atoms with Crippen LogP contribution in [0.25, 0.3) is 0 Å². The Balaban J connectivity index is 2.08. The number of carboxylic acids is 1. The summed E-state index contributed by atoms with van der Waals surface area (Å²) in [7, 11) is 0. The minimum absolute atomic E-state index is 0.00657. The standard InChI is InChI=1S/C12H19N3O5/c16-7-8-2-1-3-14(5-8)12(20)15-6-10(17)13-4-9(15)11(18)19/h8-9,16H,1-7H2,(H,13,17)(H,18,19). The lowest BCUT2D eigenvalue weighted by Gasteiger charge is -2.39. The molecule has 3 amide bonds. The number of hydrogen-bond acceptors (Lipinski definition) is 4. The summed E-state index contributed by atoms with van der Waals surface area (Å²) in [6.45, 7) is 0.624. The van der Waals surface area contributed by atoms with Crippen molar-refractivity contribution in [2.45, 2.75) is 18.9 Å². The molecule has 0 saturated carbocycles. The van der Waals surface area contributed by atoms with Crippen molar-refractivity contribution in [2.24, 2.45) is 5.92 Å². The molecule has 3 N–H and O–H groups in total. The first-order chi connectivity index (χ1) is 9.52. The summed E-state index contributed by atoms with van der Waals surface area (Å²) in [6.07, 6.45) is 1.62. The van der Waals surface area contributed by atoms with Gasteiger partial charge in [-0.05, 0) is 18.8 Å². The molecule has 0 aliphatic carbocycles. The van der Waals surface area contributed by atoms with Gasteiger partial charge in [-0.3, -0.25) is 9.69 Å². The molecule has 2 fully saturated rings. The molecule has 2 aliphatic rings. The van der Waals surface area contributed by atoms with E-state index in [1.165, 1.54) is 4.90 Å². The summed E-state index contributed by atoms with van der Waals surface area (Å²) in [4.78, 5) is 37.6. The van der Waals surface area contributed by atoms with Gasteiger partial charge < -0.3 is 20.4 Å². The number of rotatable bonds is 2. The number of likely N-dealkylation sites (tertiary alicyclic amines) is 1. The van der Waals surface area contributed by atoms with E-state index in [4.69, 9.17) is 5.11 Å². The molecule has 0 bridgehead atoms. The Kier molecular flexibility index (Phi) is 4.43. The van der Waals surface area contributed by atoms with Gasteiger partial charge in [-0.2, -0.15) is 0 Å². The van der Waals surface area contributed by atoms with Crippen molar-refractivity contribution in [3.63, 3.8) is 0 Å². The minimum atomic E-state index is -1.13. The molecule has 2 aliphatic heterocycles. The molecule has 0 radical (unpaired) electrons. The molecule has 2 heterocycles. The molecule has 0 aromatic rings. The molecular formula is C12H19N3O5. The van der Waals surface area contributed by atoms with Crippen LogP contribution in [0.3, 0.4) is 0 Å². The highest BCUT2D eigenvalue weighted by molar-refractivity contribution is 5.90. The Morgan fingerprint density at radius 2 is 2.15 bits per heavy atom. The third-order valence-corrected chi connectivity index (χ3v) is 3.76. The van der Waals surface area contributed by atoms with Crippen molar-refractivity contribution in [2.75, 3.05) is 32.8 Å². The maximum atomic E-state index is 12.4. The van der Waals surface area contributed by atoms with Gasteiger partial charge in [0.25, 0.3) is 0 Å². The van der Waals surface area contributed by atoms with Gasteiger partial charge >= 0.3 is 12.0 Å². The van der Waals surface area contributed by atoms with Crippen molar-refractivity contribution in [3.05, 3.63) is 0 Å². The highest BCUT2D eigenvalue weighted by Crippen LogP contribution is 2.18. The monoisotopic (exact) mass is 285 g/mol. The summed E-state index contributed by atoms with van der Waals surface area (Å²) >= 11 is 0. The Hall–Kier alpha value is -1.83. The van der Waals surface area contributed by atoms with Gasteiger partial charge in [-0.15, -0.1) is 0 Å². The lowest BCUT2D eigenvalue weighted by Crippen LogP contribution is -2.62. The van der Waals surface area contributed by atoms with E-state index in [1.807, 2.05) is 0 Å². The van der Waals surface area contributed by atoms with Crippen LogP contribution in [0, 0.1) is 5.92 Å². The third-order valence-electron chi connectivity index (χ3n) is 3.76. The largest absolute Gasteiger partial charge is 0.480 e. The van der Waals surface area contributed by atoms with Crippen molar-refractivity contribution in [1.82, 2.24) is 15.1 Å². The van der Waals surface area contributed by atoms with Crippen LogP contribution >= 0.6 is 0 Å². The summed E-state index contributed by atoms with van der Waals surface area (Å²) < 4.78 is 0. The maximum absolute atomic E-state index is 12.4. The molecule has 0 aromatic heterocycles. The van der Waals surface area contributed by atoms with E-state index >= 15 is 0 Å². The zero-order valence-corrected chi connectivity index (χ0v) is 11.1. The number of carboxylic acid groups (broad SMARTS) is 1. The van der Waals surface area contributed by atoms with Crippen LogP contribution in [-0.4, -0.2) is 76.7 Å². The zero-order chi connectivity index (χ0) is 14.7. The van der Waals surface area contributed by atoms with Crippen molar-refractivity contribution < 1.29 is 24.6 Å². The number of nitrogens with zero attached hydrogens (tertiary/aromatic N) is 2. The van der Waals surface area contributed by atoms with Crippen LogP contribution in [-0.2, 0) is 9.59 Å². The molecule has 8 nitrogen and oxygen atoms in total. The number of piperazine rings is 1. The molecule has 20 heavy (non-hydrogen) atoms. The average molecular weight is 285 g/mol. The first-order valence-electron chi connectivity index (χ1n) is 6.69. The number of urea groups is 1. The Morgan fingerprint density at radius 3 is 2.80 bits per heavy atom. The number of aliphatic carboxylic acids is 1. The van der Waals surface area contributed by atoms with Crippen molar-refractivity contribution >= 4 is 17.9 Å². The number of aliphatic hydroxyl groups is 1. The zero-order valence-electron chi connectivity index (χ0n) is 11.1. The summed E-state index contributed by atoms with van der Waals surface area (Å²) in [6, 6.07) is -1.47. The Labute approximate surface area is 116 Å². The van der Waals surface area contributed by atoms with E-state index < -0.39 is 18.0 Å². The number of piperidine rings is 1. The van der Waals surface area contributed by atoms with E-state index in [0.29, 0.717) is 13.1 Å². The van der Waals surface area contributed by atoms with E-state index in [9.17, 15) is 19.5 Å². The lowest BCUT2D eigenvalue weighted by atomic mass is 9.99. The van der Waals surface area contributed by atoms with E-state index in [-0.39, 0.29) is 31.5 Å². The van der Waals surface area contributed by atoms with Crippen LogP contribution in [0.1, 0.15) is 12.8 Å². The fraction of sp³-hybridized carbons (Fsp3) is 0.750. The number of carbonyl (C=O) groups is 3. The summed E-state index contributed by atoms with van der Waals surface area (Å²) in [5.41, 5.74) is 0. The molecule has 2 saturated heterocycles. The predicted molar refractivity (Wildman–Crippen MR) is 67.9 cm³/mol. The smallest absolute Gasteiger partial charge is 0.328 e. The molecular weight excluding hydrogens is 266 g/mol. The SMILES string of the molecule is O=C1CN(C(=O)N2CCCC(CO)C2)C(C(=O)O)CN1. The predicted octanol–water partition coefficient (Wildman–Crippen LogP) is -1.30. The maximum Gasteiger partial charge on any atom is 0.328 e. The van der Waals surface area contributed by atoms with Gasteiger partial charge in [-0.1, -0.05) is 0 Å². The molecule has 0 spiro atoms. The fourth-order valence-electron chi connectivity index (χ4n) is 2.63. The second kappa shape index (κ2) is 6.08. The third kappa shape index (κ3) is 3.01. The highest BCUT2D eigenvalue weighted by Gasteiger charge is 2.38. The van der Waals surface area contributed by atoms with Crippen LogP contribution in [0.4, 0.5) is 4.79 Å². The molecule has 2 unspecified atom stereocenters. The molecule has 2 rings (SSSR count). The van der Waals surface area contributed by atoms with Crippen LogP contribution in [0.2, 0.25) is 0 Å². The molecule has 112 valence electrons. The van der Waals surface area contributed by atoms with Crippen LogP contribution in [0.5, 0.6) is 0 Å². The summed E-state index contributed by atoms with van der Waals surface area (Å²) in [5.74, 6) is -1.46. The van der Waals surface area contributed by atoms with Gasteiger partial charge in [0.05, 0.1) is 0 Å².